The molecule has 1 aliphatic heterocycles. The second-order valence-corrected chi connectivity index (χ2v) is 5.45. The molecule has 1 aromatic heterocycles. The molecule has 1 aliphatic rings. The number of aromatic nitrogens is 2. The molecule has 0 saturated carbocycles. The first-order valence-electron chi connectivity index (χ1n) is 6.18. The number of nitrogens with zero attached hydrogens (tertiary/aromatic N) is 3. The van der Waals surface area contributed by atoms with E-state index in [4.69, 9.17) is 5.11 Å². The molecule has 0 radical (unpaired) electrons. The molecule has 1 aromatic rings. The standard InChI is InChI=1S/C11H20N4OS/c1-12-11-14-13-10(17-11)8-15-6-3-2-4-9(15)5-7-16/h9,16H,2-8H2,1H3,(H,12,14). The van der Waals surface area contributed by atoms with Gasteiger partial charge >= 0.3 is 0 Å². The number of piperidine rings is 1. The highest BCUT2D eigenvalue weighted by Gasteiger charge is 2.22. The molecule has 0 aromatic carbocycles. The zero-order valence-corrected chi connectivity index (χ0v) is 11.0. The van der Waals surface area contributed by atoms with Gasteiger partial charge in [-0.2, -0.15) is 0 Å². The molecule has 0 bridgehead atoms. The molecule has 96 valence electrons. The van der Waals surface area contributed by atoms with E-state index in [0.29, 0.717) is 6.04 Å². The van der Waals surface area contributed by atoms with Gasteiger partial charge in [-0.3, -0.25) is 4.90 Å². The number of rotatable bonds is 5. The van der Waals surface area contributed by atoms with Crippen LogP contribution >= 0.6 is 11.3 Å². The predicted molar refractivity (Wildman–Crippen MR) is 69.2 cm³/mol. The van der Waals surface area contributed by atoms with Gasteiger partial charge in [0.05, 0.1) is 6.54 Å². The van der Waals surface area contributed by atoms with Crippen LogP contribution in [0.2, 0.25) is 0 Å². The zero-order chi connectivity index (χ0) is 12.1. The van der Waals surface area contributed by atoms with E-state index in [1.807, 2.05) is 7.05 Å². The first-order valence-corrected chi connectivity index (χ1v) is 7.00. The van der Waals surface area contributed by atoms with Crippen LogP contribution in [0.25, 0.3) is 0 Å². The third-order valence-corrected chi connectivity index (χ3v) is 4.16. The number of nitrogens with one attached hydrogen (secondary N) is 1. The van der Waals surface area contributed by atoms with Crippen molar-refractivity contribution in [3.05, 3.63) is 5.01 Å². The van der Waals surface area contributed by atoms with E-state index < -0.39 is 0 Å². The lowest BCUT2D eigenvalue weighted by molar-refractivity contribution is 0.112. The van der Waals surface area contributed by atoms with Crippen molar-refractivity contribution in [2.45, 2.75) is 38.3 Å². The Balaban J connectivity index is 1.95. The van der Waals surface area contributed by atoms with Gasteiger partial charge in [-0.25, -0.2) is 0 Å². The van der Waals surface area contributed by atoms with Gasteiger partial charge in [-0.05, 0) is 25.8 Å². The summed E-state index contributed by atoms with van der Waals surface area (Å²) >= 11 is 1.61. The van der Waals surface area contributed by atoms with Crippen LogP contribution in [-0.4, -0.2) is 46.4 Å². The van der Waals surface area contributed by atoms with Crippen molar-refractivity contribution >= 4 is 16.5 Å². The average Bonchev–Trinajstić information content (AvgIpc) is 2.80. The van der Waals surface area contributed by atoms with Crippen LogP contribution in [0.15, 0.2) is 0 Å². The lowest BCUT2D eigenvalue weighted by Crippen LogP contribution is -2.39. The van der Waals surface area contributed by atoms with E-state index >= 15 is 0 Å². The Morgan fingerprint density at radius 2 is 2.35 bits per heavy atom. The number of anilines is 1. The Labute approximate surface area is 106 Å². The average molecular weight is 256 g/mol. The summed E-state index contributed by atoms with van der Waals surface area (Å²) in [5, 5.41) is 22.2. The van der Waals surface area contributed by atoms with E-state index in [2.05, 4.69) is 20.4 Å². The van der Waals surface area contributed by atoms with Crippen molar-refractivity contribution in [1.29, 1.82) is 0 Å². The number of hydrogen-bond donors (Lipinski definition) is 2. The van der Waals surface area contributed by atoms with E-state index in [9.17, 15) is 0 Å². The van der Waals surface area contributed by atoms with Crippen LogP contribution in [0.3, 0.4) is 0 Å². The van der Waals surface area contributed by atoms with Gasteiger partial charge in [0.15, 0.2) is 0 Å². The number of hydrogen-bond acceptors (Lipinski definition) is 6. The highest BCUT2D eigenvalue weighted by molar-refractivity contribution is 7.15. The van der Waals surface area contributed by atoms with Gasteiger partial charge in [0.1, 0.15) is 5.01 Å². The Bertz CT molecular complexity index is 342. The van der Waals surface area contributed by atoms with E-state index in [1.165, 1.54) is 19.3 Å². The van der Waals surface area contributed by atoms with Gasteiger partial charge in [0, 0.05) is 19.7 Å². The molecule has 1 atom stereocenters. The molecular weight excluding hydrogens is 236 g/mol. The van der Waals surface area contributed by atoms with Crippen molar-refractivity contribution in [2.24, 2.45) is 0 Å². The van der Waals surface area contributed by atoms with Crippen LogP contribution in [0.5, 0.6) is 0 Å². The minimum Gasteiger partial charge on any atom is -0.396 e. The van der Waals surface area contributed by atoms with Crippen molar-refractivity contribution < 1.29 is 5.11 Å². The second-order valence-electron chi connectivity index (χ2n) is 4.38. The second kappa shape index (κ2) is 6.28. The van der Waals surface area contributed by atoms with Gasteiger partial charge < -0.3 is 10.4 Å². The van der Waals surface area contributed by atoms with Gasteiger partial charge in [0.25, 0.3) is 0 Å². The number of likely N-dealkylation sites (tertiary alicyclic amines) is 1. The molecule has 2 rings (SSSR count). The molecule has 1 fully saturated rings. The largest absolute Gasteiger partial charge is 0.396 e. The van der Waals surface area contributed by atoms with Gasteiger partial charge in [-0.1, -0.05) is 17.8 Å². The Morgan fingerprint density at radius 3 is 3.06 bits per heavy atom. The lowest BCUT2D eigenvalue weighted by Gasteiger charge is -2.34. The molecule has 5 nitrogen and oxygen atoms in total. The zero-order valence-electron chi connectivity index (χ0n) is 10.2. The molecule has 0 spiro atoms. The summed E-state index contributed by atoms with van der Waals surface area (Å²) in [6.07, 6.45) is 4.59. The summed E-state index contributed by atoms with van der Waals surface area (Å²) in [5.74, 6) is 0. The van der Waals surface area contributed by atoms with Crippen LogP contribution in [0, 0.1) is 0 Å². The molecule has 2 heterocycles. The van der Waals surface area contributed by atoms with Crippen LogP contribution in [0.4, 0.5) is 5.13 Å². The Morgan fingerprint density at radius 1 is 1.47 bits per heavy atom. The van der Waals surface area contributed by atoms with Crippen LogP contribution in [0.1, 0.15) is 30.7 Å². The minimum atomic E-state index is 0.277. The SMILES string of the molecule is CNc1nnc(CN2CCCCC2CCO)s1. The Hall–Kier alpha value is -0.720. The maximum absolute atomic E-state index is 9.08. The molecule has 0 amide bonds. The van der Waals surface area contributed by atoms with Crippen molar-refractivity contribution in [3.63, 3.8) is 0 Å². The van der Waals surface area contributed by atoms with Crippen molar-refractivity contribution in [3.8, 4) is 0 Å². The number of aliphatic hydroxyl groups excluding tert-OH is 1. The molecule has 1 saturated heterocycles. The molecule has 6 heteroatoms. The molecule has 2 N–H and O–H groups in total. The quantitative estimate of drug-likeness (QED) is 0.832. The Kier molecular flexibility index (Phi) is 4.70. The molecular formula is C11H20N4OS. The van der Waals surface area contributed by atoms with Gasteiger partial charge in [0.2, 0.25) is 5.13 Å². The highest BCUT2D eigenvalue weighted by Crippen LogP contribution is 2.23. The summed E-state index contributed by atoms with van der Waals surface area (Å²) in [7, 11) is 1.86. The fourth-order valence-corrected chi connectivity index (χ4v) is 3.06. The first-order chi connectivity index (χ1) is 8.33. The smallest absolute Gasteiger partial charge is 0.205 e. The van der Waals surface area contributed by atoms with Crippen LogP contribution < -0.4 is 5.32 Å². The summed E-state index contributed by atoms with van der Waals surface area (Å²) in [6, 6.07) is 0.510. The van der Waals surface area contributed by atoms with Crippen molar-refractivity contribution in [2.75, 3.05) is 25.5 Å². The summed E-state index contributed by atoms with van der Waals surface area (Å²) in [4.78, 5) is 2.43. The fraction of sp³-hybridized carbons (Fsp3) is 0.818. The summed E-state index contributed by atoms with van der Waals surface area (Å²) in [6.45, 7) is 2.25. The molecule has 0 aliphatic carbocycles. The van der Waals surface area contributed by atoms with E-state index in [-0.39, 0.29) is 6.61 Å². The topological polar surface area (TPSA) is 61.3 Å². The van der Waals surface area contributed by atoms with Crippen molar-refractivity contribution in [1.82, 2.24) is 15.1 Å². The minimum absolute atomic E-state index is 0.277. The summed E-state index contributed by atoms with van der Waals surface area (Å²) in [5.41, 5.74) is 0. The normalized spacial score (nSPS) is 21.6. The van der Waals surface area contributed by atoms with E-state index in [1.54, 1.807) is 11.3 Å². The monoisotopic (exact) mass is 256 g/mol. The van der Waals surface area contributed by atoms with Crippen LogP contribution in [-0.2, 0) is 6.54 Å². The predicted octanol–water partition coefficient (Wildman–Crippen LogP) is 1.32. The maximum Gasteiger partial charge on any atom is 0.205 e. The van der Waals surface area contributed by atoms with E-state index in [0.717, 1.165) is 29.6 Å². The third kappa shape index (κ3) is 3.37. The summed E-state index contributed by atoms with van der Waals surface area (Å²) < 4.78 is 0. The first kappa shape index (κ1) is 12.7. The maximum atomic E-state index is 9.08. The highest BCUT2D eigenvalue weighted by atomic mass is 32.1. The third-order valence-electron chi connectivity index (χ3n) is 3.23. The lowest BCUT2D eigenvalue weighted by atomic mass is 10.00. The van der Waals surface area contributed by atoms with Gasteiger partial charge in [-0.15, -0.1) is 10.2 Å². The molecule has 1 unspecified atom stereocenters. The number of aliphatic hydroxyl groups is 1. The fourth-order valence-electron chi connectivity index (χ4n) is 2.34. The molecule has 17 heavy (non-hydrogen) atoms.